The summed E-state index contributed by atoms with van der Waals surface area (Å²) in [4.78, 5) is 23.2. The van der Waals surface area contributed by atoms with Gasteiger partial charge in [0, 0.05) is 6.42 Å². The molecule has 1 aromatic carbocycles. The lowest BCUT2D eigenvalue weighted by Gasteiger charge is -2.18. The standard InChI is InChI=1S/C13H10N2O5/c16-9-4-1-6(13(17)14-9)11-10-7(20-15-11)2-3-8-12(10)19-5-18-8/h2-3,6H,1,4-5H2,(H,14,16,17)/t6-/m1/s1. The number of amides is 2. The van der Waals surface area contributed by atoms with Gasteiger partial charge in [-0.1, -0.05) is 5.16 Å². The van der Waals surface area contributed by atoms with Gasteiger partial charge in [-0.25, -0.2) is 0 Å². The van der Waals surface area contributed by atoms with Gasteiger partial charge in [0.25, 0.3) is 0 Å². The van der Waals surface area contributed by atoms with E-state index >= 15 is 0 Å². The number of ether oxygens (including phenoxy) is 2. The van der Waals surface area contributed by atoms with Gasteiger partial charge in [0.1, 0.15) is 5.69 Å². The molecule has 2 aromatic rings. The van der Waals surface area contributed by atoms with E-state index in [1.165, 1.54) is 0 Å². The zero-order chi connectivity index (χ0) is 13.7. The molecule has 0 spiro atoms. The van der Waals surface area contributed by atoms with Crippen molar-refractivity contribution in [3.05, 3.63) is 17.8 Å². The maximum atomic E-state index is 12.0. The summed E-state index contributed by atoms with van der Waals surface area (Å²) in [7, 11) is 0. The van der Waals surface area contributed by atoms with E-state index in [0.29, 0.717) is 34.6 Å². The molecule has 0 saturated carbocycles. The highest BCUT2D eigenvalue weighted by Crippen LogP contribution is 2.43. The number of hydrogen-bond acceptors (Lipinski definition) is 6. The molecule has 20 heavy (non-hydrogen) atoms. The van der Waals surface area contributed by atoms with Crippen LogP contribution < -0.4 is 14.8 Å². The molecule has 2 amide bonds. The number of rotatable bonds is 1. The summed E-state index contributed by atoms with van der Waals surface area (Å²) in [6.07, 6.45) is 0.702. The predicted molar refractivity (Wildman–Crippen MR) is 65.3 cm³/mol. The number of piperidine rings is 1. The van der Waals surface area contributed by atoms with Crippen LogP contribution in [0.3, 0.4) is 0 Å². The van der Waals surface area contributed by atoms with Crippen molar-refractivity contribution in [2.24, 2.45) is 0 Å². The quantitative estimate of drug-likeness (QED) is 0.782. The van der Waals surface area contributed by atoms with Gasteiger partial charge < -0.3 is 14.0 Å². The highest BCUT2D eigenvalue weighted by Gasteiger charge is 2.34. The third-order valence-corrected chi connectivity index (χ3v) is 3.57. The first-order valence-corrected chi connectivity index (χ1v) is 6.25. The smallest absolute Gasteiger partial charge is 0.235 e. The summed E-state index contributed by atoms with van der Waals surface area (Å²) < 4.78 is 16.0. The Hall–Kier alpha value is -2.57. The Labute approximate surface area is 112 Å². The molecule has 2 aliphatic heterocycles. The van der Waals surface area contributed by atoms with Crippen molar-refractivity contribution >= 4 is 22.8 Å². The van der Waals surface area contributed by atoms with Gasteiger partial charge in [-0.05, 0) is 18.6 Å². The number of carbonyl (C=O) groups is 2. The average Bonchev–Trinajstić information content (AvgIpc) is 3.03. The van der Waals surface area contributed by atoms with Gasteiger partial charge in [0.15, 0.2) is 17.1 Å². The zero-order valence-corrected chi connectivity index (χ0v) is 10.3. The first-order valence-electron chi connectivity index (χ1n) is 6.25. The zero-order valence-electron chi connectivity index (χ0n) is 10.3. The van der Waals surface area contributed by atoms with Crippen molar-refractivity contribution in [3.63, 3.8) is 0 Å². The fourth-order valence-corrected chi connectivity index (χ4v) is 2.61. The van der Waals surface area contributed by atoms with Crippen LogP contribution in [0, 0.1) is 0 Å². The number of carbonyl (C=O) groups excluding carboxylic acids is 2. The Kier molecular flexibility index (Phi) is 2.23. The van der Waals surface area contributed by atoms with Crippen molar-refractivity contribution < 1.29 is 23.6 Å². The fourth-order valence-electron chi connectivity index (χ4n) is 2.61. The molecule has 0 unspecified atom stereocenters. The van der Waals surface area contributed by atoms with E-state index in [1.807, 2.05) is 0 Å². The van der Waals surface area contributed by atoms with E-state index in [1.54, 1.807) is 12.1 Å². The molecule has 0 bridgehead atoms. The van der Waals surface area contributed by atoms with Crippen LogP contribution in [-0.4, -0.2) is 23.8 Å². The molecule has 4 rings (SSSR count). The minimum absolute atomic E-state index is 0.133. The number of hydrogen-bond donors (Lipinski definition) is 1. The second kappa shape index (κ2) is 3.96. The minimum Gasteiger partial charge on any atom is -0.454 e. The van der Waals surface area contributed by atoms with Gasteiger partial charge in [0.05, 0.1) is 11.3 Å². The Bertz CT molecular complexity index is 736. The molecular weight excluding hydrogens is 264 g/mol. The van der Waals surface area contributed by atoms with Gasteiger partial charge >= 0.3 is 0 Å². The number of nitrogens with one attached hydrogen (secondary N) is 1. The van der Waals surface area contributed by atoms with E-state index in [0.717, 1.165) is 0 Å². The molecule has 7 heteroatoms. The molecule has 0 aliphatic carbocycles. The lowest BCUT2D eigenvalue weighted by Crippen LogP contribution is -2.39. The molecular formula is C13H10N2O5. The molecule has 1 fully saturated rings. The van der Waals surface area contributed by atoms with E-state index in [4.69, 9.17) is 14.0 Å². The lowest BCUT2D eigenvalue weighted by atomic mass is 9.92. The third-order valence-electron chi connectivity index (χ3n) is 3.57. The number of aromatic nitrogens is 1. The predicted octanol–water partition coefficient (Wildman–Crippen LogP) is 1.08. The molecule has 1 aromatic heterocycles. The molecule has 102 valence electrons. The van der Waals surface area contributed by atoms with E-state index < -0.39 is 5.92 Å². The lowest BCUT2D eigenvalue weighted by molar-refractivity contribution is -0.134. The first kappa shape index (κ1) is 11.3. The molecule has 1 saturated heterocycles. The molecule has 0 radical (unpaired) electrons. The summed E-state index contributed by atoms with van der Waals surface area (Å²) in [5.41, 5.74) is 1.03. The van der Waals surface area contributed by atoms with Crippen LogP contribution in [0.15, 0.2) is 16.7 Å². The van der Waals surface area contributed by atoms with Gasteiger partial charge in [0.2, 0.25) is 18.6 Å². The topological polar surface area (TPSA) is 90.7 Å². The summed E-state index contributed by atoms with van der Waals surface area (Å²) in [6, 6.07) is 3.47. The van der Waals surface area contributed by atoms with Crippen LogP contribution in [0.1, 0.15) is 24.5 Å². The Morgan fingerprint density at radius 2 is 2.15 bits per heavy atom. The van der Waals surface area contributed by atoms with Gasteiger partial charge in [-0.3, -0.25) is 14.9 Å². The van der Waals surface area contributed by atoms with Crippen molar-refractivity contribution in [3.8, 4) is 11.5 Å². The van der Waals surface area contributed by atoms with Crippen molar-refractivity contribution in [2.45, 2.75) is 18.8 Å². The van der Waals surface area contributed by atoms with E-state index in [-0.39, 0.29) is 25.0 Å². The number of imide groups is 1. The average molecular weight is 274 g/mol. The number of nitrogens with zero attached hydrogens (tertiary/aromatic N) is 1. The number of benzene rings is 1. The third kappa shape index (κ3) is 1.49. The first-order chi connectivity index (χ1) is 9.74. The molecule has 3 heterocycles. The van der Waals surface area contributed by atoms with Crippen molar-refractivity contribution in [1.82, 2.24) is 10.5 Å². The molecule has 1 atom stereocenters. The normalized spacial score (nSPS) is 21.3. The summed E-state index contributed by atoms with van der Waals surface area (Å²) in [5, 5.41) is 6.96. The molecule has 2 aliphatic rings. The largest absolute Gasteiger partial charge is 0.454 e. The SMILES string of the molecule is O=C1CC[C@H](c2noc3ccc4c(c23)OCO4)C(=O)N1. The van der Waals surface area contributed by atoms with E-state index in [9.17, 15) is 9.59 Å². The van der Waals surface area contributed by atoms with Crippen LogP contribution in [0.2, 0.25) is 0 Å². The molecule has 7 nitrogen and oxygen atoms in total. The second-order valence-corrected chi connectivity index (χ2v) is 4.74. The van der Waals surface area contributed by atoms with Crippen LogP contribution in [0.25, 0.3) is 11.0 Å². The monoisotopic (exact) mass is 274 g/mol. The van der Waals surface area contributed by atoms with Gasteiger partial charge in [-0.2, -0.15) is 0 Å². The van der Waals surface area contributed by atoms with Crippen LogP contribution in [0.5, 0.6) is 11.5 Å². The highest BCUT2D eigenvalue weighted by molar-refractivity contribution is 6.03. The van der Waals surface area contributed by atoms with Gasteiger partial charge in [-0.15, -0.1) is 0 Å². The minimum atomic E-state index is -0.510. The summed E-state index contributed by atoms with van der Waals surface area (Å²) in [5.74, 6) is 0.0270. The number of fused-ring (bicyclic) bond motifs is 3. The van der Waals surface area contributed by atoms with Crippen molar-refractivity contribution in [2.75, 3.05) is 6.79 Å². The van der Waals surface area contributed by atoms with Crippen LogP contribution >= 0.6 is 0 Å². The highest BCUT2D eigenvalue weighted by atomic mass is 16.7. The van der Waals surface area contributed by atoms with Crippen LogP contribution in [-0.2, 0) is 9.59 Å². The Morgan fingerprint density at radius 3 is 3.00 bits per heavy atom. The van der Waals surface area contributed by atoms with E-state index in [2.05, 4.69) is 10.5 Å². The maximum absolute atomic E-state index is 12.0. The summed E-state index contributed by atoms with van der Waals surface area (Å²) in [6.45, 7) is 0.133. The maximum Gasteiger partial charge on any atom is 0.235 e. The summed E-state index contributed by atoms with van der Waals surface area (Å²) >= 11 is 0. The fraction of sp³-hybridized carbons (Fsp3) is 0.308. The Morgan fingerprint density at radius 1 is 1.25 bits per heavy atom. The van der Waals surface area contributed by atoms with Crippen molar-refractivity contribution in [1.29, 1.82) is 0 Å². The van der Waals surface area contributed by atoms with Crippen LogP contribution in [0.4, 0.5) is 0 Å². The second-order valence-electron chi connectivity index (χ2n) is 4.74. The Balaban J connectivity index is 1.86. The molecule has 1 N–H and O–H groups in total.